The van der Waals surface area contributed by atoms with Gasteiger partial charge >= 0.3 is 0 Å². The number of hydrogen-bond acceptors (Lipinski definition) is 3. The normalized spacial score (nSPS) is 12.8. The number of nitrogens with one attached hydrogen (secondary N) is 1. The van der Waals surface area contributed by atoms with Crippen molar-refractivity contribution in [2.75, 3.05) is 0 Å². The van der Waals surface area contributed by atoms with Crippen molar-refractivity contribution >= 4 is 12.1 Å². The summed E-state index contributed by atoms with van der Waals surface area (Å²) in [6.07, 6.45) is 1.01. The van der Waals surface area contributed by atoms with E-state index >= 15 is 0 Å². The summed E-state index contributed by atoms with van der Waals surface area (Å²) < 4.78 is 5.55. The molecule has 0 aliphatic carbocycles. The van der Waals surface area contributed by atoms with Gasteiger partial charge in [-0.25, -0.2) is 5.43 Å². The van der Waals surface area contributed by atoms with Crippen LogP contribution < -0.4 is 10.2 Å². The molecule has 1 atom stereocenters. The maximum Gasteiger partial charge on any atom is 0.280 e. The van der Waals surface area contributed by atoms with Crippen LogP contribution in [-0.4, -0.2) is 18.2 Å². The Bertz CT molecular complexity index is 686. The molecule has 1 amide bonds. The quantitative estimate of drug-likeness (QED) is 0.670. The molecule has 0 heterocycles. The van der Waals surface area contributed by atoms with E-state index in [1.54, 1.807) is 13.1 Å². The Hall–Kier alpha value is -2.62. The average molecular weight is 324 g/mol. The van der Waals surface area contributed by atoms with Gasteiger partial charge in [0.2, 0.25) is 0 Å². The Labute approximate surface area is 143 Å². The SMILES string of the molecule is CC(Oc1ccccc1)C(=O)N/N=C/c1ccc(C(C)(C)C)cc1. The molecule has 0 aliphatic heterocycles. The van der Waals surface area contributed by atoms with Gasteiger partial charge in [0.05, 0.1) is 6.21 Å². The van der Waals surface area contributed by atoms with Gasteiger partial charge in [0, 0.05) is 0 Å². The molecule has 126 valence electrons. The van der Waals surface area contributed by atoms with Gasteiger partial charge in [-0.05, 0) is 35.6 Å². The Balaban J connectivity index is 1.87. The van der Waals surface area contributed by atoms with Gasteiger partial charge in [0.15, 0.2) is 6.10 Å². The summed E-state index contributed by atoms with van der Waals surface area (Å²) in [6.45, 7) is 8.20. The van der Waals surface area contributed by atoms with Crippen molar-refractivity contribution in [3.8, 4) is 5.75 Å². The number of rotatable bonds is 5. The first-order valence-corrected chi connectivity index (χ1v) is 8.01. The maximum absolute atomic E-state index is 12.0. The van der Waals surface area contributed by atoms with Crippen LogP contribution >= 0.6 is 0 Å². The van der Waals surface area contributed by atoms with E-state index in [1.807, 2.05) is 42.5 Å². The van der Waals surface area contributed by atoms with Crippen LogP contribution in [0.3, 0.4) is 0 Å². The smallest absolute Gasteiger partial charge is 0.280 e. The number of para-hydroxylation sites is 1. The molecule has 2 rings (SSSR count). The predicted octanol–water partition coefficient (Wildman–Crippen LogP) is 3.90. The van der Waals surface area contributed by atoms with E-state index < -0.39 is 6.10 Å². The van der Waals surface area contributed by atoms with E-state index in [0.717, 1.165) is 5.56 Å². The fourth-order valence-electron chi connectivity index (χ4n) is 2.09. The number of carbonyl (C=O) groups is 1. The van der Waals surface area contributed by atoms with Crippen molar-refractivity contribution in [3.05, 3.63) is 65.7 Å². The number of carbonyl (C=O) groups excluding carboxylic acids is 1. The van der Waals surface area contributed by atoms with Crippen LogP contribution in [0.5, 0.6) is 5.75 Å². The lowest BCUT2D eigenvalue weighted by Gasteiger charge is -2.18. The van der Waals surface area contributed by atoms with Crippen molar-refractivity contribution in [3.63, 3.8) is 0 Å². The molecule has 1 N–H and O–H groups in total. The Morgan fingerprint density at radius 1 is 1.08 bits per heavy atom. The molecule has 4 nitrogen and oxygen atoms in total. The lowest BCUT2D eigenvalue weighted by atomic mass is 9.87. The van der Waals surface area contributed by atoms with Gasteiger partial charge in [-0.3, -0.25) is 4.79 Å². The summed E-state index contributed by atoms with van der Waals surface area (Å²) in [6, 6.07) is 17.4. The molecule has 0 radical (unpaired) electrons. The summed E-state index contributed by atoms with van der Waals surface area (Å²) >= 11 is 0. The molecule has 0 bridgehead atoms. The van der Waals surface area contributed by atoms with E-state index in [2.05, 4.69) is 43.4 Å². The van der Waals surface area contributed by atoms with E-state index in [4.69, 9.17) is 4.74 Å². The Kier molecular flexibility index (Phi) is 5.74. The van der Waals surface area contributed by atoms with Crippen LogP contribution in [0, 0.1) is 0 Å². The van der Waals surface area contributed by atoms with E-state index in [-0.39, 0.29) is 11.3 Å². The Morgan fingerprint density at radius 2 is 1.71 bits per heavy atom. The summed E-state index contributed by atoms with van der Waals surface area (Å²) in [7, 11) is 0. The van der Waals surface area contributed by atoms with Gasteiger partial charge in [0.25, 0.3) is 5.91 Å². The standard InChI is InChI=1S/C20H24N2O2/c1-15(24-18-8-6-5-7-9-18)19(23)22-21-14-16-10-12-17(13-11-16)20(2,3)4/h5-15H,1-4H3,(H,22,23)/b21-14+. The van der Waals surface area contributed by atoms with Crippen molar-refractivity contribution in [2.24, 2.45) is 5.10 Å². The molecule has 0 saturated heterocycles. The van der Waals surface area contributed by atoms with Gasteiger partial charge in [0.1, 0.15) is 5.75 Å². The molecular weight excluding hydrogens is 300 g/mol. The third-order valence-electron chi connectivity index (χ3n) is 3.59. The zero-order valence-corrected chi connectivity index (χ0v) is 14.6. The molecule has 0 spiro atoms. The predicted molar refractivity (Wildman–Crippen MR) is 97.4 cm³/mol. The zero-order chi connectivity index (χ0) is 17.6. The van der Waals surface area contributed by atoms with Crippen molar-refractivity contribution in [1.29, 1.82) is 0 Å². The topological polar surface area (TPSA) is 50.7 Å². The second-order valence-electron chi connectivity index (χ2n) is 6.68. The van der Waals surface area contributed by atoms with Crippen molar-refractivity contribution < 1.29 is 9.53 Å². The molecule has 0 fully saturated rings. The second-order valence-corrected chi connectivity index (χ2v) is 6.68. The minimum Gasteiger partial charge on any atom is -0.481 e. The van der Waals surface area contributed by atoms with E-state index in [1.165, 1.54) is 5.56 Å². The zero-order valence-electron chi connectivity index (χ0n) is 14.6. The Morgan fingerprint density at radius 3 is 2.29 bits per heavy atom. The number of nitrogens with zero attached hydrogens (tertiary/aromatic N) is 1. The molecule has 1 unspecified atom stereocenters. The van der Waals surface area contributed by atoms with Crippen LogP contribution in [0.25, 0.3) is 0 Å². The lowest BCUT2D eigenvalue weighted by Crippen LogP contribution is -2.33. The van der Waals surface area contributed by atoms with Gasteiger partial charge < -0.3 is 4.74 Å². The first-order valence-electron chi connectivity index (χ1n) is 8.01. The second kappa shape index (κ2) is 7.77. The van der Waals surface area contributed by atoms with Gasteiger partial charge in [-0.1, -0.05) is 63.2 Å². The fraction of sp³-hybridized carbons (Fsp3) is 0.300. The lowest BCUT2D eigenvalue weighted by molar-refractivity contribution is -0.127. The molecular formula is C20H24N2O2. The highest BCUT2D eigenvalue weighted by molar-refractivity contribution is 5.84. The highest BCUT2D eigenvalue weighted by atomic mass is 16.5. The number of hydrogen-bond donors (Lipinski definition) is 1. The highest BCUT2D eigenvalue weighted by Gasteiger charge is 2.14. The van der Waals surface area contributed by atoms with Crippen LogP contribution in [0.1, 0.15) is 38.8 Å². The van der Waals surface area contributed by atoms with Crippen LogP contribution in [0.4, 0.5) is 0 Å². The molecule has 2 aromatic carbocycles. The molecule has 2 aromatic rings. The highest BCUT2D eigenvalue weighted by Crippen LogP contribution is 2.21. The fourth-order valence-corrected chi connectivity index (χ4v) is 2.09. The third kappa shape index (κ3) is 5.23. The minimum absolute atomic E-state index is 0.119. The molecule has 0 aromatic heterocycles. The number of amides is 1. The molecule has 24 heavy (non-hydrogen) atoms. The minimum atomic E-state index is -0.618. The maximum atomic E-state index is 12.0. The van der Waals surface area contributed by atoms with Gasteiger partial charge in [-0.15, -0.1) is 0 Å². The largest absolute Gasteiger partial charge is 0.481 e. The molecule has 4 heteroatoms. The molecule has 0 aliphatic rings. The number of benzene rings is 2. The first kappa shape index (κ1) is 17.7. The average Bonchev–Trinajstić information content (AvgIpc) is 2.55. The van der Waals surface area contributed by atoms with Crippen molar-refractivity contribution in [1.82, 2.24) is 5.43 Å². The van der Waals surface area contributed by atoms with E-state index in [9.17, 15) is 4.79 Å². The van der Waals surface area contributed by atoms with Gasteiger partial charge in [-0.2, -0.15) is 5.10 Å². The monoisotopic (exact) mass is 324 g/mol. The van der Waals surface area contributed by atoms with Crippen LogP contribution in [0.2, 0.25) is 0 Å². The third-order valence-corrected chi connectivity index (χ3v) is 3.59. The summed E-state index contributed by atoms with van der Waals surface area (Å²) in [4.78, 5) is 12.0. The van der Waals surface area contributed by atoms with Crippen LogP contribution in [-0.2, 0) is 10.2 Å². The summed E-state index contributed by atoms with van der Waals surface area (Å²) in [5.41, 5.74) is 4.81. The molecule has 0 saturated carbocycles. The van der Waals surface area contributed by atoms with Crippen molar-refractivity contribution in [2.45, 2.75) is 39.2 Å². The number of hydrazone groups is 1. The van der Waals surface area contributed by atoms with E-state index in [0.29, 0.717) is 5.75 Å². The first-order chi connectivity index (χ1) is 11.4. The number of ether oxygens (including phenoxy) is 1. The van der Waals surface area contributed by atoms with Crippen LogP contribution in [0.15, 0.2) is 59.7 Å². The summed E-state index contributed by atoms with van der Waals surface area (Å²) in [5, 5.41) is 3.99. The summed E-state index contributed by atoms with van der Waals surface area (Å²) in [5.74, 6) is 0.364.